The number of anilines is 2. The topological polar surface area (TPSA) is 110 Å². The van der Waals surface area contributed by atoms with Crippen LogP contribution in [0.4, 0.5) is 11.6 Å². The third kappa shape index (κ3) is 1.80. The van der Waals surface area contributed by atoms with E-state index in [9.17, 15) is 0 Å². The maximum atomic E-state index is 3.80. The maximum absolute atomic E-state index is 3.80. The van der Waals surface area contributed by atoms with Gasteiger partial charge in [-0.25, -0.2) is 0 Å². The molecule has 0 spiro atoms. The highest BCUT2D eigenvalue weighted by atomic mass is 15.5. The molecule has 0 saturated heterocycles. The van der Waals surface area contributed by atoms with E-state index in [1.165, 1.54) is 4.68 Å². The summed E-state index contributed by atoms with van der Waals surface area (Å²) in [6.45, 7) is 0. The Hall–Kier alpha value is -2.84. The number of aromatic amines is 1. The fourth-order valence-corrected chi connectivity index (χ4v) is 1.34. The van der Waals surface area contributed by atoms with Gasteiger partial charge in [0, 0.05) is 0 Å². The van der Waals surface area contributed by atoms with Gasteiger partial charge < -0.3 is 5.32 Å². The molecule has 83 valence electrons. The van der Waals surface area contributed by atoms with Crippen molar-refractivity contribution < 1.29 is 0 Å². The molecule has 2 heterocycles. The van der Waals surface area contributed by atoms with Crippen molar-refractivity contribution in [1.82, 2.24) is 40.8 Å². The van der Waals surface area contributed by atoms with Crippen LogP contribution >= 0.6 is 0 Å². The smallest absolute Gasteiger partial charge is 0.267 e. The third-order valence-electron chi connectivity index (χ3n) is 2.04. The number of H-pyrrole nitrogens is 1. The highest BCUT2D eigenvalue weighted by Crippen LogP contribution is 2.20. The quantitative estimate of drug-likeness (QED) is 0.634. The van der Waals surface area contributed by atoms with Crippen LogP contribution in [0.3, 0.4) is 0 Å². The van der Waals surface area contributed by atoms with E-state index in [1.54, 1.807) is 0 Å². The van der Waals surface area contributed by atoms with E-state index in [1.807, 2.05) is 24.3 Å². The SMILES string of the molecule is [c]1nnnn1-c1ccccc1Nc1nn[nH]n1. The highest BCUT2D eigenvalue weighted by molar-refractivity contribution is 5.65. The van der Waals surface area contributed by atoms with Gasteiger partial charge in [0.2, 0.25) is 6.33 Å². The number of nitrogens with zero attached hydrogens (tertiary/aromatic N) is 7. The Kier molecular flexibility index (Phi) is 2.19. The minimum absolute atomic E-state index is 0.366. The molecule has 1 radical (unpaired) electrons. The van der Waals surface area contributed by atoms with Gasteiger partial charge in [0.1, 0.15) is 0 Å². The van der Waals surface area contributed by atoms with E-state index in [0.29, 0.717) is 5.95 Å². The molecule has 9 heteroatoms. The predicted octanol–water partition coefficient (Wildman–Crippen LogP) is -0.281. The van der Waals surface area contributed by atoms with Crippen molar-refractivity contribution >= 4 is 11.6 Å². The van der Waals surface area contributed by atoms with Gasteiger partial charge in [0.25, 0.3) is 5.95 Å². The summed E-state index contributed by atoms with van der Waals surface area (Å²) in [5.41, 5.74) is 1.49. The number of para-hydroxylation sites is 2. The van der Waals surface area contributed by atoms with Crippen LogP contribution in [-0.4, -0.2) is 40.8 Å². The summed E-state index contributed by atoms with van der Waals surface area (Å²) in [6, 6.07) is 7.43. The van der Waals surface area contributed by atoms with Crippen molar-refractivity contribution in [1.29, 1.82) is 0 Å². The molecule has 2 N–H and O–H groups in total. The van der Waals surface area contributed by atoms with Crippen molar-refractivity contribution in [3.8, 4) is 5.69 Å². The molecule has 0 fully saturated rings. The van der Waals surface area contributed by atoms with Gasteiger partial charge in [-0.3, -0.25) is 0 Å². The van der Waals surface area contributed by atoms with Gasteiger partial charge in [-0.2, -0.15) is 9.90 Å². The summed E-state index contributed by atoms with van der Waals surface area (Å²) in [5, 5.41) is 27.2. The Morgan fingerprint density at radius 2 is 2.24 bits per heavy atom. The number of hydrogen-bond donors (Lipinski definition) is 2. The van der Waals surface area contributed by atoms with Crippen LogP contribution in [0.15, 0.2) is 24.3 Å². The van der Waals surface area contributed by atoms with Crippen LogP contribution < -0.4 is 5.32 Å². The van der Waals surface area contributed by atoms with Crippen molar-refractivity contribution in [3.63, 3.8) is 0 Å². The molecule has 0 atom stereocenters. The molecule has 3 aromatic rings. The lowest BCUT2D eigenvalue weighted by atomic mass is 10.2. The van der Waals surface area contributed by atoms with Crippen LogP contribution in [0, 0.1) is 6.33 Å². The van der Waals surface area contributed by atoms with Crippen LogP contribution in [-0.2, 0) is 0 Å². The summed E-state index contributed by atoms with van der Waals surface area (Å²) >= 11 is 0. The molecule has 9 nitrogen and oxygen atoms in total. The summed E-state index contributed by atoms with van der Waals surface area (Å²) in [7, 11) is 0. The Balaban J connectivity index is 1.99. The molecule has 1 aromatic carbocycles. The largest absolute Gasteiger partial charge is 0.320 e. The lowest BCUT2D eigenvalue weighted by Gasteiger charge is -2.06. The fourth-order valence-electron chi connectivity index (χ4n) is 1.34. The molecule has 2 aromatic heterocycles. The van der Waals surface area contributed by atoms with Gasteiger partial charge in [-0.15, -0.1) is 10.2 Å². The second-order valence-electron chi connectivity index (χ2n) is 3.07. The number of rotatable bonds is 3. The van der Waals surface area contributed by atoms with Crippen molar-refractivity contribution in [2.24, 2.45) is 0 Å². The van der Waals surface area contributed by atoms with Gasteiger partial charge in [-0.05, 0) is 27.8 Å². The molecule has 0 saturated carbocycles. The zero-order valence-electron chi connectivity index (χ0n) is 8.44. The lowest BCUT2D eigenvalue weighted by molar-refractivity contribution is 0.788. The number of hydrogen-bond acceptors (Lipinski definition) is 7. The van der Waals surface area contributed by atoms with Gasteiger partial charge in [0.05, 0.1) is 11.4 Å². The summed E-state index contributed by atoms with van der Waals surface area (Å²) in [4.78, 5) is 0. The van der Waals surface area contributed by atoms with E-state index in [-0.39, 0.29) is 0 Å². The van der Waals surface area contributed by atoms with E-state index >= 15 is 0 Å². The lowest BCUT2D eigenvalue weighted by Crippen LogP contribution is -2.02. The number of benzene rings is 1. The average Bonchev–Trinajstić information content (AvgIpc) is 3.01. The predicted molar refractivity (Wildman–Crippen MR) is 55.5 cm³/mol. The van der Waals surface area contributed by atoms with Gasteiger partial charge in [-0.1, -0.05) is 17.2 Å². The van der Waals surface area contributed by atoms with Crippen LogP contribution in [0.5, 0.6) is 0 Å². The molecular weight excluding hydrogens is 222 g/mol. The molecule has 0 aliphatic rings. The molecule has 3 rings (SSSR count). The second-order valence-corrected chi connectivity index (χ2v) is 3.07. The molecule has 0 bridgehead atoms. The van der Waals surface area contributed by atoms with E-state index in [0.717, 1.165) is 11.4 Å². The van der Waals surface area contributed by atoms with Crippen molar-refractivity contribution in [2.45, 2.75) is 0 Å². The Labute approximate surface area is 94.9 Å². The van der Waals surface area contributed by atoms with Crippen molar-refractivity contribution in [3.05, 3.63) is 30.6 Å². The molecule has 0 amide bonds. The van der Waals surface area contributed by atoms with Crippen LogP contribution in [0.1, 0.15) is 0 Å². The molecule has 0 aliphatic heterocycles. The summed E-state index contributed by atoms with van der Waals surface area (Å²) in [5.74, 6) is 0.366. The van der Waals surface area contributed by atoms with Gasteiger partial charge >= 0.3 is 0 Å². The first-order chi connectivity index (χ1) is 8.43. The summed E-state index contributed by atoms with van der Waals surface area (Å²) in [6.07, 6.45) is 2.61. The van der Waals surface area contributed by atoms with E-state index in [2.05, 4.69) is 47.8 Å². The fraction of sp³-hybridized carbons (Fsp3) is 0. The Bertz CT molecular complexity index is 585. The number of tetrazole rings is 2. The monoisotopic (exact) mass is 228 g/mol. The highest BCUT2D eigenvalue weighted by Gasteiger charge is 2.07. The standard InChI is InChI=1S/C8H6N9/c1-2-4-7(17-5-9-13-16-17)6(3-1)10-8-11-14-15-12-8/h1-4H,(H2,10,11,12,14,15). The Morgan fingerprint density at radius 3 is 3.00 bits per heavy atom. The molecule has 17 heavy (non-hydrogen) atoms. The maximum Gasteiger partial charge on any atom is 0.267 e. The first-order valence-electron chi connectivity index (χ1n) is 4.69. The minimum atomic E-state index is 0.366. The Morgan fingerprint density at radius 1 is 1.29 bits per heavy atom. The minimum Gasteiger partial charge on any atom is -0.320 e. The normalized spacial score (nSPS) is 10.4. The van der Waals surface area contributed by atoms with Crippen LogP contribution in [0.2, 0.25) is 0 Å². The molecule has 0 unspecified atom stereocenters. The molecular formula is C8H6N9. The van der Waals surface area contributed by atoms with Gasteiger partial charge in [0.15, 0.2) is 0 Å². The first kappa shape index (κ1) is 9.39. The zero-order chi connectivity index (χ0) is 11.5. The zero-order valence-corrected chi connectivity index (χ0v) is 8.44. The number of nitrogens with one attached hydrogen (secondary N) is 2. The van der Waals surface area contributed by atoms with E-state index < -0.39 is 0 Å². The van der Waals surface area contributed by atoms with E-state index in [4.69, 9.17) is 0 Å². The second kappa shape index (κ2) is 3.96. The third-order valence-corrected chi connectivity index (χ3v) is 2.04. The molecule has 0 aliphatic carbocycles. The first-order valence-corrected chi connectivity index (χ1v) is 4.69. The summed E-state index contributed by atoms with van der Waals surface area (Å²) < 4.78 is 1.42. The van der Waals surface area contributed by atoms with Crippen molar-refractivity contribution in [2.75, 3.05) is 5.32 Å². The van der Waals surface area contributed by atoms with Crippen LogP contribution in [0.25, 0.3) is 5.69 Å². The average molecular weight is 228 g/mol. The number of aromatic nitrogens is 8.